The predicted octanol–water partition coefficient (Wildman–Crippen LogP) is 0.302. The summed E-state index contributed by atoms with van der Waals surface area (Å²) in [5.74, 6) is -0.238. The van der Waals surface area contributed by atoms with Crippen LogP contribution in [0.3, 0.4) is 0 Å². The molecule has 0 aliphatic rings. The van der Waals surface area contributed by atoms with E-state index in [-0.39, 0.29) is 5.91 Å². The molecule has 7 heteroatoms. The molecular formula is C12H19N5O2. The second-order valence-electron chi connectivity index (χ2n) is 3.89. The summed E-state index contributed by atoms with van der Waals surface area (Å²) in [7, 11) is 0. The van der Waals surface area contributed by atoms with Crippen LogP contribution in [0.4, 0.5) is 10.5 Å². The molecule has 0 radical (unpaired) electrons. The zero-order chi connectivity index (χ0) is 14.1. The number of hydrogen-bond acceptors (Lipinski definition) is 4. The first-order valence-corrected chi connectivity index (χ1v) is 6.14. The number of rotatable bonds is 7. The minimum atomic E-state index is -0.610. The van der Waals surface area contributed by atoms with Crippen LogP contribution in [-0.4, -0.2) is 36.6 Å². The van der Waals surface area contributed by atoms with Gasteiger partial charge in [-0.3, -0.25) is 9.78 Å². The summed E-state index contributed by atoms with van der Waals surface area (Å²) >= 11 is 0. The number of aromatic nitrogens is 1. The zero-order valence-corrected chi connectivity index (χ0v) is 10.9. The minimum Gasteiger partial charge on any atom is -0.384 e. The van der Waals surface area contributed by atoms with Crippen LogP contribution in [-0.2, 0) is 0 Å². The maximum absolute atomic E-state index is 11.9. The standard InChI is InChI=1S/C12H19N5O2/c1-2-4-15-10-3-5-14-8-9(10)11(18)16-6-7-17-12(13)19/h3,5,8H,2,4,6-7H2,1H3,(H,14,15)(H,16,18)(H3,13,17,19). The Morgan fingerprint density at radius 1 is 1.26 bits per heavy atom. The number of nitrogens with two attached hydrogens (primary N) is 1. The van der Waals surface area contributed by atoms with Gasteiger partial charge in [0, 0.05) is 32.0 Å². The molecule has 7 nitrogen and oxygen atoms in total. The van der Waals surface area contributed by atoms with Crippen molar-refractivity contribution in [2.75, 3.05) is 25.0 Å². The van der Waals surface area contributed by atoms with Crippen molar-refractivity contribution in [3.05, 3.63) is 24.0 Å². The highest BCUT2D eigenvalue weighted by molar-refractivity contribution is 5.99. The number of primary amides is 1. The average molecular weight is 265 g/mol. The molecule has 1 rings (SSSR count). The molecule has 5 N–H and O–H groups in total. The van der Waals surface area contributed by atoms with Crippen LogP contribution in [0.25, 0.3) is 0 Å². The van der Waals surface area contributed by atoms with E-state index in [0.717, 1.165) is 18.7 Å². The molecule has 1 aromatic heterocycles. The summed E-state index contributed by atoms with van der Waals surface area (Å²) in [4.78, 5) is 26.3. The molecule has 1 heterocycles. The lowest BCUT2D eigenvalue weighted by Gasteiger charge is -2.11. The van der Waals surface area contributed by atoms with Crippen molar-refractivity contribution in [3.63, 3.8) is 0 Å². The van der Waals surface area contributed by atoms with Gasteiger partial charge in [-0.05, 0) is 12.5 Å². The van der Waals surface area contributed by atoms with Crippen molar-refractivity contribution >= 4 is 17.6 Å². The molecule has 104 valence electrons. The van der Waals surface area contributed by atoms with Crippen molar-refractivity contribution in [2.24, 2.45) is 5.73 Å². The van der Waals surface area contributed by atoms with Gasteiger partial charge in [-0.1, -0.05) is 6.92 Å². The number of carbonyl (C=O) groups excluding carboxylic acids is 2. The van der Waals surface area contributed by atoms with Crippen molar-refractivity contribution in [3.8, 4) is 0 Å². The first kappa shape index (κ1) is 14.7. The average Bonchev–Trinajstić information content (AvgIpc) is 2.41. The van der Waals surface area contributed by atoms with E-state index in [1.165, 1.54) is 6.20 Å². The monoisotopic (exact) mass is 265 g/mol. The van der Waals surface area contributed by atoms with Crippen LogP contribution in [0, 0.1) is 0 Å². The van der Waals surface area contributed by atoms with Gasteiger partial charge >= 0.3 is 6.03 Å². The smallest absolute Gasteiger partial charge is 0.312 e. The first-order chi connectivity index (χ1) is 9.15. The number of pyridine rings is 1. The summed E-state index contributed by atoms with van der Waals surface area (Å²) in [6.45, 7) is 3.43. The highest BCUT2D eigenvalue weighted by Crippen LogP contribution is 2.13. The van der Waals surface area contributed by atoms with E-state index >= 15 is 0 Å². The lowest BCUT2D eigenvalue weighted by molar-refractivity contribution is 0.0954. The van der Waals surface area contributed by atoms with Gasteiger partial charge in [0.15, 0.2) is 0 Å². The fraction of sp³-hybridized carbons (Fsp3) is 0.417. The highest BCUT2D eigenvalue weighted by Gasteiger charge is 2.10. The number of hydrogen-bond donors (Lipinski definition) is 4. The van der Waals surface area contributed by atoms with Crippen LogP contribution in [0.1, 0.15) is 23.7 Å². The van der Waals surface area contributed by atoms with Gasteiger partial charge in [0.25, 0.3) is 5.91 Å². The van der Waals surface area contributed by atoms with Crippen molar-refractivity contribution in [2.45, 2.75) is 13.3 Å². The van der Waals surface area contributed by atoms with Crippen LogP contribution >= 0.6 is 0 Å². The van der Waals surface area contributed by atoms with E-state index in [1.54, 1.807) is 12.3 Å². The van der Waals surface area contributed by atoms with Crippen LogP contribution < -0.4 is 21.7 Å². The van der Waals surface area contributed by atoms with Crippen LogP contribution in [0.2, 0.25) is 0 Å². The summed E-state index contributed by atoms with van der Waals surface area (Å²) in [6, 6.07) is 1.15. The number of nitrogens with zero attached hydrogens (tertiary/aromatic N) is 1. The highest BCUT2D eigenvalue weighted by atomic mass is 16.2. The van der Waals surface area contributed by atoms with E-state index in [1.807, 2.05) is 6.92 Å². The number of nitrogens with one attached hydrogen (secondary N) is 3. The Kier molecular flexibility index (Phi) is 6.14. The SMILES string of the molecule is CCCNc1ccncc1C(=O)NCCNC(N)=O. The Labute approximate surface area is 112 Å². The predicted molar refractivity (Wildman–Crippen MR) is 72.9 cm³/mol. The number of amides is 3. The van der Waals surface area contributed by atoms with Crippen molar-refractivity contribution in [1.82, 2.24) is 15.6 Å². The topological polar surface area (TPSA) is 109 Å². The third-order valence-electron chi connectivity index (χ3n) is 2.34. The summed E-state index contributed by atoms with van der Waals surface area (Å²) in [5.41, 5.74) is 6.15. The molecule has 0 fully saturated rings. The van der Waals surface area contributed by atoms with Gasteiger partial charge in [-0.25, -0.2) is 4.79 Å². The number of anilines is 1. The molecule has 0 unspecified atom stereocenters. The van der Waals surface area contributed by atoms with Gasteiger partial charge in [-0.2, -0.15) is 0 Å². The summed E-state index contributed by atoms with van der Waals surface area (Å²) in [6.07, 6.45) is 4.10. The van der Waals surface area contributed by atoms with Crippen molar-refractivity contribution in [1.29, 1.82) is 0 Å². The Balaban J connectivity index is 2.53. The molecule has 0 atom stereocenters. The molecule has 0 saturated heterocycles. The molecule has 0 aromatic carbocycles. The molecule has 0 aliphatic heterocycles. The normalized spacial score (nSPS) is 9.74. The molecule has 0 saturated carbocycles. The van der Waals surface area contributed by atoms with Gasteiger partial charge < -0.3 is 21.7 Å². The van der Waals surface area contributed by atoms with Gasteiger partial charge in [0.1, 0.15) is 0 Å². The largest absolute Gasteiger partial charge is 0.384 e. The maximum atomic E-state index is 11.9. The molecule has 19 heavy (non-hydrogen) atoms. The lowest BCUT2D eigenvalue weighted by atomic mass is 10.2. The second kappa shape index (κ2) is 7.91. The Bertz CT molecular complexity index is 436. The van der Waals surface area contributed by atoms with E-state index in [9.17, 15) is 9.59 Å². The Hall–Kier alpha value is -2.31. The molecule has 3 amide bonds. The molecular weight excluding hydrogens is 246 g/mol. The van der Waals surface area contributed by atoms with E-state index in [4.69, 9.17) is 5.73 Å². The minimum absolute atomic E-state index is 0.238. The maximum Gasteiger partial charge on any atom is 0.312 e. The zero-order valence-electron chi connectivity index (χ0n) is 10.9. The summed E-state index contributed by atoms with van der Waals surface area (Å²) < 4.78 is 0. The number of urea groups is 1. The molecule has 0 aliphatic carbocycles. The molecule has 1 aromatic rings. The lowest BCUT2D eigenvalue weighted by Crippen LogP contribution is -2.37. The summed E-state index contributed by atoms with van der Waals surface area (Å²) in [5, 5.41) is 8.24. The second-order valence-corrected chi connectivity index (χ2v) is 3.89. The Morgan fingerprint density at radius 2 is 2.00 bits per heavy atom. The van der Waals surface area contributed by atoms with Crippen LogP contribution in [0.5, 0.6) is 0 Å². The van der Waals surface area contributed by atoms with Gasteiger partial charge in [-0.15, -0.1) is 0 Å². The quantitative estimate of drug-likeness (QED) is 0.532. The van der Waals surface area contributed by atoms with Gasteiger partial charge in [0.05, 0.1) is 11.3 Å². The molecule has 0 bridgehead atoms. The van der Waals surface area contributed by atoms with Crippen molar-refractivity contribution < 1.29 is 9.59 Å². The van der Waals surface area contributed by atoms with Gasteiger partial charge in [0.2, 0.25) is 0 Å². The number of carbonyl (C=O) groups is 2. The van der Waals surface area contributed by atoms with E-state index in [2.05, 4.69) is 20.9 Å². The Morgan fingerprint density at radius 3 is 2.68 bits per heavy atom. The third-order valence-corrected chi connectivity index (χ3v) is 2.34. The fourth-order valence-electron chi connectivity index (χ4n) is 1.45. The fourth-order valence-corrected chi connectivity index (χ4v) is 1.45. The molecule has 0 spiro atoms. The third kappa shape index (κ3) is 5.24. The first-order valence-electron chi connectivity index (χ1n) is 6.14. The van der Waals surface area contributed by atoms with Crippen LogP contribution in [0.15, 0.2) is 18.5 Å². The van der Waals surface area contributed by atoms with E-state index < -0.39 is 6.03 Å². The van der Waals surface area contributed by atoms with E-state index in [0.29, 0.717) is 18.7 Å².